The largest absolute Gasteiger partial charge is 0.508 e. The molecule has 6 heteroatoms. The molecule has 2 aromatic carbocycles. The van der Waals surface area contributed by atoms with Crippen molar-refractivity contribution < 1.29 is 10.0 Å². The monoisotopic (exact) mass is 391 g/mol. The van der Waals surface area contributed by atoms with E-state index in [2.05, 4.69) is 16.0 Å². The highest BCUT2D eigenvalue weighted by Crippen LogP contribution is 2.26. The third kappa shape index (κ3) is 4.49. The molecule has 0 bridgehead atoms. The minimum atomic E-state index is -0.341. The van der Waals surface area contributed by atoms with Crippen molar-refractivity contribution in [1.29, 1.82) is 0 Å². The number of aromatic amines is 1. The molecule has 0 fully saturated rings. The van der Waals surface area contributed by atoms with Gasteiger partial charge >= 0.3 is 0 Å². The van der Waals surface area contributed by atoms with Gasteiger partial charge in [-0.2, -0.15) is 0 Å². The highest BCUT2D eigenvalue weighted by Gasteiger charge is 2.13. The van der Waals surface area contributed by atoms with E-state index >= 15 is 0 Å². The molecule has 0 unspecified atom stereocenters. The summed E-state index contributed by atoms with van der Waals surface area (Å²) in [6, 6.07) is 12.4. The highest BCUT2D eigenvalue weighted by atomic mass is 16.6. The SMILES string of the molecule is O=[N+]([O-])c1ccc2[nH]cc(CCCCN3CC=C(c4ccc(O)cc4)CC3)c2c1. The van der Waals surface area contributed by atoms with Gasteiger partial charge in [0.15, 0.2) is 0 Å². The third-order valence-corrected chi connectivity index (χ3v) is 5.66. The molecule has 0 amide bonds. The summed E-state index contributed by atoms with van der Waals surface area (Å²) in [6.45, 7) is 3.06. The number of unbranched alkanes of at least 4 members (excludes halogenated alkanes) is 1. The molecule has 0 saturated heterocycles. The lowest BCUT2D eigenvalue weighted by Gasteiger charge is -2.26. The zero-order valence-corrected chi connectivity index (χ0v) is 16.3. The molecule has 2 N–H and O–H groups in total. The van der Waals surface area contributed by atoms with Gasteiger partial charge in [-0.3, -0.25) is 15.0 Å². The molecule has 0 radical (unpaired) electrons. The van der Waals surface area contributed by atoms with Gasteiger partial charge in [-0.1, -0.05) is 18.2 Å². The zero-order valence-electron chi connectivity index (χ0n) is 16.3. The van der Waals surface area contributed by atoms with Crippen LogP contribution in [0.3, 0.4) is 0 Å². The van der Waals surface area contributed by atoms with Crippen LogP contribution in [0.25, 0.3) is 16.5 Å². The van der Waals surface area contributed by atoms with Crippen LogP contribution >= 0.6 is 0 Å². The molecule has 0 spiro atoms. The van der Waals surface area contributed by atoms with Gasteiger partial charge in [0.1, 0.15) is 5.75 Å². The first-order valence-corrected chi connectivity index (χ1v) is 10.1. The molecule has 1 aromatic heterocycles. The number of benzene rings is 2. The zero-order chi connectivity index (χ0) is 20.2. The van der Waals surface area contributed by atoms with Crippen LogP contribution in [0, 0.1) is 10.1 Å². The molecule has 29 heavy (non-hydrogen) atoms. The molecule has 0 atom stereocenters. The topological polar surface area (TPSA) is 82.4 Å². The fourth-order valence-corrected chi connectivity index (χ4v) is 3.99. The second kappa shape index (κ2) is 8.49. The quantitative estimate of drug-likeness (QED) is 0.341. The maximum Gasteiger partial charge on any atom is 0.270 e. The number of phenols is 1. The lowest BCUT2D eigenvalue weighted by atomic mass is 9.99. The molecule has 0 saturated carbocycles. The van der Waals surface area contributed by atoms with Crippen molar-refractivity contribution in [2.75, 3.05) is 19.6 Å². The highest BCUT2D eigenvalue weighted by molar-refractivity contribution is 5.85. The van der Waals surface area contributed by atoms with Crippen molar-refractivity contribution in [3.05, 3.63) is 76.0 Å². The summed E-state index contributed by atoms with van der Waals surface area (Å²) in [7, 11) is 0. The first kappa shape index (κ1) is 19.2. The Morgan fingerprint density at radius 2 is 1.97 bits per heavy atom. The molecule has 1 aliphatic heterocycles. The first-order chi connectivity index (χ1) is 14.1. The lowest BCUT2D eigenvalue weighted by molar-refractivity contribution is -0.384. The molecule has 3 aromatic rings. The van der Waals surface area contributed by atoms with Gasteiger partial charge in [0, 0.05) is 42.3 Å². The normalized spacial score (nSPS) is 14.8. The Morgan fingerprint density at radius 1 is 1.14 bits per heavy atom. The number of nitrogens with one attached hydrogen (secondary N) is 1. The molecule has 150 valence electrons. The van der Waals surface area contributed by atoms with Crippen molar-refractivity contribution in [3.63, 3.8) is 0 Å². The minimum absolute atomic E-state index is 0.142. The summed E-state index contributed by atoms with van der Waals surface area (Å²) >= 11 is 0. The molecule has 1 aliphatic rings. The van der Waals surface area contributed by atoms with E-state index < -0.39 is 0 Å². The first-order valence-electron chi connectivity index (χ1n) is 10.1. The van der Waals surface area contributed by atoms with E-state index in [4.69, 9.17) is 0 Å². The Bertz CT molecular complexity index is 1040. The van der Waals surface area contributed by atoms with Crippen LogP contribution in [-0.4, -0.2) is 39.5 Å². The standard InChI is InChI=1S/C23H25N3O3/c27-21-7-4-17(5-8-21)18-10-13-25(14-11-18)12-2-1-3-19-16-24-23-9-6-20(26(28)29)15-22(19)23/h4-10,15-16,24,27H,1-3,11-14H2. The number of non-ortho nitro benzene ring substituents is 1. The Morgan fingerprint density at radius 3 is 2.69 bits per heavy atom. The number of rotatable bonds is 7. The average molecular weight is 391 g/mol. The van der Waals surface area contributed by atoms with Crippen molar-refractivity contribution >= 4 is 22.2 Å². The lowest BCUT2D eigenvalue weighted by Crippen LogP contribution is -2.29. The predicted molar refractivity (Wildman–Crippen MR) is 115 cm³/mol. The van der Waals surface area contributed by atoms with E-state index in [-0.39, 0.29) is 10.6 Å². The van der Waals surface area contributed by atoms with Crippen molar-refractivity contribution in [2.45, 2.75) is 25.7 Å². The van der Waals surface area contributed by atoms with E-state index in [1.54, 1.807) is 30.3 Å². The van der Waals surface area contributed by atoms with Crippen LogP contribution in [0.4, 0.5) is 5.69 Å². The molecule has 0 aliphatic carbocycles. The van der Waals surface area contributed by atoms with Crippen molar-refractivity contribution in [2.24, 2.45) is 0 Å². The Kier molecular flexibility index (Phi) is 5.62. The summed E-state index contributed by atoms with van der Waals surface area (Å²) in [5.74, 6) is 0.302. The summed E-state index contributed by atoms with van der Waals surface area (Å²) in [4.78, 5) is 16.3. The fraction of sp³-hybridized carbons (Fsp3) is 0.304. The van der Waals surface area contributed by atoms with Gasteiger partial charge in [-0.25, -0.2) is 0 Å². The van der Waals surface area contributed by atoms with E-state index in [1.165, 1.54) is 11.1 Å². The Balaban J connectivity index is 1.27. The summed E-state index contributed by atoms with van der Waals surface area (Å²) < 4.78 is 0. The van der Waals surface area contributed by atoms with Gasteiger partial charge in [0.25, 0.3) is 5.69 Å². The molecule has 2 heterocycles. The van der Waals surface area contributed by atoms with E-state index in [1.807, 2.05) is 18.3 Å². The third-order valence-electron chi connectivity index (χ3n) is 5.66. The summed E-state index contributed by atoms with van der Waals surface area (Å²) in [5, 5.41) is 21.4. The Hall–Kier alpha value is -3.12. The van der Waals surface area contributed by atoms with Crippen LogP contribution in [-0.2, 0) is 6.42 Å². The average Bonchev–Trinajstić information content (AvgIpc) is 3.14. The van der Waals surface area contributed by atoms with Crippen LogP contribution in [0.5, 0.6) is 5.75 Å². The molecular weight excluding hydrogens is 366 g/mol. The molecular formula is C23H25N3O3. The molecule has 6 nitrogen and oxygen atoms in total. The number of nitro groups is 1. The van der Waals surface area contributed by atoms with Crippen LogP contribution < -0.4 is 0 Å². The summed E-state index contributed by atoms with van der Waals surface area (Å²) in [5.41, 5.74) is 4.78. The van der Waals surface area contributed by atoms with Gasteiger partial charge in [0.05, 0.1) is 4.92 Å². The molecule has 4 rings (SSSR count). The smallest absolute Gasteiger partial charge is 0.270 e. The number of aromatic nitrogens is 1. The number of nitrogens with zero attached hydrogens (tertiary/aromatic N) is 2. The van der Waals surface area contributed by atoms with Crippen LogP contribution in [0.15, 0.2) is 54.7 Å². The number of fused-ring (bicyclic) bond motifs is 1. The van der Waals surface area contributed by atoms with Gasteiger partial charge in [-0.05, 0) is 67.1 Å². The van der Waals surface area contributed by atoms with Crippen molar-refractivity contribution in [3.8, 4) is 5.75 Å². The van der Waals surface area contributed by atoms with Crippen LogP contribution in [0.1, 0.15) is 30.4 Å². The van der Waals surface area contributed by atoms with E-state index in [0.29, 0.717) is 5.75 Å². The number of aromatic hydroxyl groups is 1. The maximum absolute atomic E-state index is 11.0. The number of nitro benzene ring substituents is 1. The van der Waals surface area contributed by atoms with Gasteiger partial charge in [0.2, 0.25) is 0 Å². The Labute approximate surface area is 169 Å². The number of hydrogen-bond donors (Lipinski definition) is 2. The van der Waals surface area contributed by atoms with Crippen molar-refractivity contribution in [1.82, 2.24) is 9.88 Å². The second-order valence-corrected chi connectivity index (χ2v) is 7.58. The summed E-state index contributed by atoms with van der Waals surface area (Å²) in [6.07, 6.45) is 8.36. The second-order valence-electron chi connectivity index (χ2n) is 7.58. The fourth-order valence-electron chi connectivity index (χ4n) is 3.99. The van der Waals surface area contributed by atoms with E-state index in [0.717, 1.165) is 61.8 Å². The predicted octanol–water partition coefficient (Wildman–Crippen LogP) is 4.89. The van der Waals surface area contributed by atoms with Crippen LogP contribution in [0.2, 0.25) is 0 Å². The minimum Gasteiger partial charge on any atom is -0.508 e. The van der Waals surface area contributed by atoms with Gasteiger partial charge in [-0.15, -0.1) is 0 Å². The maximum atomic E-state index is 11.0. The van der Waals surface area contributed by atoms with Gasteiger partial charge < -0.3 is 10.1 Å². The number of hydrogen-bond acceptors (Lipinski definition) is 4. The number of H-pyrrole nitrogens is 1. The number of phenolic OH excluding ortho intramolecular Hbond substituents is 1. The van der Waals surface area contributed by atoms with E-state index in [9.17, 15) is 15.2 Å². The number of aryl methyl sites for hydroxylation is 1.